The Morgan fingerprint density at radius 1 is 1.29 bits per heavy atom. The van der Waals surface area contributed by atoms with Crippen molar-refractivity contribution >= 4 is 11.7 Å². The largest absolute Gasteiger partial charge is 0.493 e. The molecule has 1 aliphatic heterocycles. The molecule has 3 rings (SSSR count). The van der Waals surface area contributed by atoms with Gasteiger partial charge in [-0.3, -0.25) is 0 Å². The number of ether oxygens (including phenoxy) is 2. The van der Waals surface area contributed by atoms with Crippen molar-refractivity contribution in [3.8, 4) is 5.75 Å². The molecule has 0 aliphatic carbocycles. The Hall–Kier alpha value is -2.49. The first-order valence-electron chi connectivity index (χ1n) is 6.93. The molecule has 108 valence electrons. The molecule has 0 unspecified atom stereocenters. The van der Waals surface area contributed by atoms with E-state index in [2.05, 4.69) is 17.4 Å². The number of rotatable bonds is 4. The van der Waals surface area contributed by atoms with Crippen molar-refractivity contribution in [3.05, 3.63) is 59.2 Å². The van der Waals surface area contributed by atoms with E-state index in [1.807, 2.05) is 18.2 Å². The van der Waals surface area contributed by atoms with Crippen molar-refractivity contribution < 1.29 is 14.3 Å². The van der Waals surface area contributed by atoms with E-state index < -0.39 is 0 Å². The molecule has 0 bridgehead atoms. The van der Waals surface area contributed by atoms with Crippen molar-refractivity contribution in [1.82, 2.24) is 0 Å². The van der Waals surface area contributed by atoms with Crippen LogP contribution in [-0.2, 0) is 17.7 Å². The lowest BCUT2D eigenvalue weighted by molar-refractivity contribution is 0.0601. The van der Waals surface area contributed by atoms with Crippen LogP contribution in [0.3, 0.4) is 0 Å². The number of benzene rings is 2. The van der Waals surface area contributed by atoms with Crippen LogP contribution in [0.2, 0.25) is 0 Å². The molecular formula is C17H17NO3. The molecular weight excluding hydrogens is 266 g/mol. The average Bonchev–Trinajstić information content (AvgIpc) is 3.00. The zero-order chi connectivity index (χ0) is 14.7. The molecule has 0 spiro atoms. The summed E-state index contributed by atoms with van der Waals surface area (Å²) in [7, 11) is 1.38. The fourth-order valence-corrected chi connectivity index (χ4v) is 2.43. The predicted molar refractivity (Wildman–Crippen MR) is 80.7 cm³/mol. The molecule has 2 aromatic carbocycles. The van der Waals surface area contributed by atoms with Gasteiger partial charge in [-0.15, -0.1) is 0 Å². The summed E-state index contributed by atoms with van der Waals surface area (Å²) in [4.78, 5) is 11.5. The molecule has 0 amide bonds. The second-order valence-corrected chi connectivity index (χ2v) is 4.97. The maximum Gasteiger partial charge on any atom is 0.337 e. The Labute approximate surface area is 123 Å². The highest BCUT2D eigenvalue weighted by atomic mass is 16.5. The summed E-state index contributed by atoms with van der Waals surface area (Å²) < 4.78 is 10.2. The Morgan fingerprint density at radius 2 is 2.19 bits per heavy atom. The average molecular weight is 283 g/mol. The number of hydrogen-bond acceptors (Lipinski definition) is 4. The van der Waals surface area contributed by atoms with Gasteiger partial charge in [0.05, 0.1) is 19.3 Å². The van der Waals surface area contributed by atoms with E-state index in [-0.39, 0.29) is 5.97 Å². The van der Waals surface area contributed by atoms with Crippen LogP contribution in [-0.4, -0.2) is 19.7 Å². The fraction of sp³-hybridized carbons (Fsp3) is 0.235. The highest BCUT2D eigenvalue weighted by Crippen LogP contribution is 2.26. The van der Waals surface area contributed by atoms with Crippen LogP contribution in [0, 0.1) is 0 Å². The van der Waals surface area contributed by atoms with Gasteiger partial charge in [-0.1, -0.05) is 18.2 Å². The molecule has 0 saturated carbocycles. The van der Waals surface area contributed by atoms with E-state index in [1.165, 1.54) is 18.2 Å². The Bertz CT molecular complexity index is 667. The van der Waals surface area contributed by atoms with Gasteiger partial charge in [-0.2, -0.15) is 0 Å². The predicted octanol–water partition coefficient (Wildman–Crippen LogP) is 3.02. The molecule has 0 atom stereocenters. The van der Waals surface area contributed by atoms with Gasteiger partial charge in [0.15, 0.2) is 0 Å². The van der Waals surface area contributed by atoms with Crippen LogP contribution in [0.25, 0.3) is 0 Å². The molecule has 1 heterocycles. The van der Waals surface area contributed by atoms with Crippen LogP contribution in [0.4, 0.5) is 5.69 Å². The number of carbonyl (C=O) groups is 1. The van der Waals surface area contributed by atoms with Crippen LogP contribution in [0.15, 0.2) is 42.5 Å². The zero-order valence-electron chi connectivity index (χ0n) is 11.9. The Kier molecular flexibility index (Phi) is 3.77. The number of esters is 1. The highest BCUT2D eigenvalue weighted by molar-refractivity contribution is 5.90. The molecule has 0 fully saturated rings. The minimum Gasteiger partial charge on any atom is -0.493 e. The summed E-state index contributed by atoms with van der Waals surface area (Å²) in [5.74, 6) is 0.666. The van der Waals surface area contributed by atoms with E-state index in [4.69, 9.17) is 9.47 Å². The Balaban J connectivity index is 1.69. The lowest BCUT2D eigenvalue weighted by Crippen LogP contribution is -2.04. The van der Waals surface area contributed by atoms with Gasteiger partial charge >= 0.3 is 5.97 Å². The third-order valence-corrected chi connectivity index (χ3v) is 3.53. The molecule has 1 N–H and O–H groups in total. The number of anilines is 1. The number of fused-ring (bicyclic) bond motifs is 1. The van der Waals surface area contributed by atoms with E-state index in [1.54, 1.807) is 12.1 Å². The first kappa shape index (κ1) is 13.5. The summed E-state index contributed by atoms with van der Waals surface area (Å²) in [6.45, 7) is 1.48. The third-order valence-electron chi connectivity index (χ3n) is 3.53. The number of hydrogen-bond donors (Lipinski definition) is 1. The lowest BCUT2D eigenvalue weighted by atomic mass is 10.1. The number of methoxy groups -OCH3 is 1. The highest BCUT2D eigenvalue weighted by Gasteiger charge is 2.12. The van der Waals surface area contributed by atoms with E-state index in [0.29, 0.717) is 12.1 Å². The third kappa shape index (κ3) is 2.99. The lowest BCUT2D eigenvalue weighted by Gasteiger charge is -2.09. The van der Waals surface area contributed by atoms with Gasteiger partial charge in [0.25, 0.3) is 0 Å². The van der Waals surface area contributed by atoms with Crippen LogP contribution < -0.4 is 10.1 Å². The quantitative estimate of drug-likeness (QED) is 0.876. The van der Waals surface area contributed by atoms with Crippen LogP contribution >= 0.6 is 0 Å². The van der Waals surface area contributed by atoms with Gasteiger partial charge in [0, 0.05) is 18.7 Å². The number of carbonyl (C=O) groups excluding carboxylic acids is 1. The summed E-state index contributed by atoms with van der Waals surface area (Å²) in [6, 6.07) is 13.5. The van der Waals surface area contributed by atoms with Gasteiger partial charge in [0.1, 0.15) is 5.75 Å². The maximum atomic E-state index is 11.5. The molecule has 4 nitrogen and oxygen atoms in total. The molecule has 0 saturated heterocycles. The fourth-order valence-electron chi connectivity index (χ4n) is 2.43. The number of nitrogens with one attached hydrogen (secondary N) is 1. The minimum atomic E-state index is -0.326. The topological polar surface area (TPSA) is 47.6 Å². The summed E-state index contributed by atoms with van der Waals surface area (Å²) in [5.41, 5.74) is 3.90. The van der Waals surface area contributed by atoms with E-state index in [0.717, 1.165) is 24.5 Å². The van der Waals surface area contributed by atoms with E-state index >= 15 is 0 Å². The zero-order valence-corrected chi connectivity index (χ0v) is 11.9. The first-order valence-corrected chi connectivity index (χ1v) is 6.93. The van der Waals surface area contributed by atoms with Gasteiger partial charge < -0.3 is 14.8 Å². The van der Waals surface area contributed by atoms with Gasteiger partial charge in [-0.25, -0.2) is 4.79 Å². The smallest absolute Gasteiger partial charge is 0.337 e. The summed E-state index contributed by atoms with van der Waals surface area (Å²) in [5, 5.41) is 3.32. The van der Waals surface area contributed by atoms with Crippen molar-refractivity contribution in [1.29, 1.82) is 0 Å². The minimum absolute atomic E-state index is 0.326. The molecule has 21 heavy (non-hydrogen) atoms. The molecule has 2 aromatic rings. The van der Waals surface area contributed by atoms with Crippen molar-refractivity contribution in [2.24, 2.45) is 0 Å². The van der Waals surface area contributed by atoms with Crippen molar-refractivity contribution in [3.63, 3.8) is 0 Å². The molecule has 1 aliphatic rings. The second kappa shape index (κ2) is 5.87. The summed E-state index contributed by atoms with van der Waals surface area (Å²) >= 11 is 0. The second-order valence-electron chi connectivity index (χ2n) is 4.97. The maximum absolute atomic E-state index is 11.5. The summed E-state index contributed by atoms with van der Waals surface area (Å²) in [6.07, 6.45) is 0.973. The molecule has 4 heteroatoms. The Morgan fingerprint density at radius 3 is 3.05 bits per heavy atom. The van der Waals surface area contributed by atoms with Crippen molar-refractivity contribution in [2.75, 3.05) is 19.0 Å². The van der Waals surface area contributed by atoms with E-state index in [9.17, 15) is 4.79 Å². The first-order chi connectivity index (χ1) is 10.3. The monoisotopic (exact) mass is 283 g/mol. The van der Waals surface area contributed by atoms with Crippen LogP contribution in [0.1, 0.15) is 21.5 Å². The van der Waals surface area contributed by atoms with Gasteiger partial charge in [0.2, 0.25) is 0 Å². The molecule has 0 radical (unpaired) electrons. The molecule has 0 aromatic heterocycles. The SMILES string of the molecule is COC(=O)c1cccc(NCc2ccc3c(c2)CCO3)c1. The van der Waals surface area contributed by atoms with Gasteiger partial charge in [-0.05, 0) is 35.4 Å². The normalized spacial score (nSPS) is 12.4. The van der Waals surface area contributed by atoms with Crippen LogP contribution in [0.5, 0.6) is 5.75 Å². The van der Waals surface area contributed by atoms with Crippen molar-refractivity contribution in [2.45, 2.75) is 13.0 Å². The standard InChI is InChI=1S/C17H17NO3/c1-20-17(19)14-3-2-4-15(10-14)18-11-12-5-6-16-13(9-12)7-8-21-16/h2-6,9-10,18H,7-8,11H2,1H3.